The zero-order valence-electron chi connectivity index (χ0n) is 17.6. The van der Waals surface area contributed by atoms with Crippen molar-refractivity contribution in [3.63, 3.8) is 0 Å². The van der Waals surface area contributed by atoms with Crippen molar-refractivity contribution in [1.82, 2.24) is 19.2 Å². The smallest absolute Gasteiger partial charge is 0.296 e. The molecule has 1 amide bonds. The van der Waals surface area contributed by atoms with Gasteiger partial charge in [-0.2, -0.15) is 9.78 Å². The summed E-state index contributed by atoms with van der Waals surface area (Å²) >= 11 is 6.21. The number of halogens is 1. The summed E-state index contributed by atoms with van der Waals surface area (Å²) in [7, 11) is 1.81. The lowest BCUT2D eigenvalue weighted by molar-refractivity contribution is -0.130. The van der Waals surface area contributed by atoms with Gasteiger partial charge in [0.25, 0.3) is 5.56 Å². The molecule has 0 aliphatic heterocycles. The summed E-state index contributed by atoms with van der Waals surface area (Å²) in [5.41, 5.74) is 1.95. The van der Waals surface area contributed by atoms with Crippen LogP contribution in [0.2, 0.25) is 5.02 Å². The van der Waals surface area contributed by atoms with Gasteiger partial charge in [0.2, 0.25) is 5.91 Å². The van der Waals surface area contributed by atoms with E-state index in [1.54, 1.807) is 40.8 Å². The van der Waals surface area contributed by atoms with Crippen molar-refractivity contribution in [1.29, 1.82) is 0 Å². The first-order chi connectivity index (χ1) is 14.8. The number of aryl methyl sites for hydroxylation is 1. The normalized spacial score (nSPS) is 11.4. The van der Waals surface area contributed by atoms with Crippen molar-refractivity contribution in [3.05, 3.63) is 63.5 Å². The van der Waals surface area contributed by atoms with Gasteiger partial charge >= 0.3 is 0 Å². The van der Waals surface area contributed by atoms with Crippen molar-refractivity contribution < 1.29 is 9.90 Å². The Morgan fingerprint density at radius 1 is 1.13 bits per heavy atom. The Kier molecular flexibility index (Phi) is 5.45. The summed E-state index contributed by atoms with van der Waals surface area (Å²) in [5, 5.41) is 16.3. The van der Waals surface area contributed by atoms with E-state index in [1.807, 2.05) is 19.9 Å². The first-order valence-electron chi connectivity index (χ1n) is 10.1. The van der Waals surface area contributed by atoms with Crippen molar-refractivity contribution in [2.45, 2.75) is 20.3 Å². The Morgan fingerprint density at radius 3 is 2.45 bits per heavy atom. The molecule has 2 heterocycles. The molecule has 2 aromatic carbocycles. The summed E-state index contributed by atoms with van der Waals surface area (Å²) in [6, 6.07) is 11.7. The van der Waals surface area contributed by atoms with Gasteiger partial charge in [-0.15, -0.1) is 0 Å². The fraction of sp³-hybridized carbons (Fsp3) is 0.261. The molecule has 0 aliphatic rings. The molecule has 0 radical (unpaired) electrons. The maximum absolute atomic E-state index is 13.5. The van der Waals surface area contributed by atoms with E-state index in [1.165, 1.54) is 16.8 Å². The van der Waals surface area contributed by atoms with Crippen LogP contribution >= 0.6 is 11.6 Å². The van der Waals surface area contributed by atoms with Crippen LogP contribution in [0.5, 0.6) is 5.75 Å². The first-order valence-corrected chi connectivity index (χ1v) is 10.5. The van der Waals surface area contributed by atoms with Gasteiger partial charge in [0, 0.05) is 35.9 Å². The summed E-state index contributed by atoms with van der Waals surface area (Å²) in [5.74, 6) is 0.0368. The number of aromatic hydroxyl groups is 1. The van der Waals surface area contributed by atoms with E-state index >= 15 is 0 Å². The Balaban J connectivity index is 2.05. The lowest BCUT2D eigenvalue weighted by atomic mass is 10.1. The minimum atomic E-state index is -0.311. The molecule has 4 rings (SSSR count). The molecule has 2 aromatic heterocycles. The number of aromatic nitrogens is 3. The number of rotatable bonds is 5. The predicted molar refractivity (Wildman–Crippen MR) is 122 cm³/mol. The maximum Gasteiger partial charge on any atom is 0.296 e. The zero-order valence-corrected chi connectivity index (χ0v) is 18.3. The molecule has 31 heavy (non-hydrogen) atoms. The molecule has 0 saturated carbocycles. The Hall–Kier alpha value is -3.32. The van der Waals surface area contributed by atoms with Gasteiger partial charge in [-0.3, -0.25) is 9.59 Å². The SMILES string of the molecule is CCN(CC)C(=O)Cc1nn(-c2ccc(O)cc2)c(=O)c2c1c1ccc(Cl)cc1n2C. The summed E-state index contributed by atoms with van der Waals surface area (Å²) in [4.78, 5) is 28.1. The minimum absolute atomic E-state index is 0.0549. The molecule has 8 heteroatoms. The van der Waals surface area contributed by atoms with Gasteiger partial charge in [0.1, 0.15) is 11.3 Å². The fourth-order valence-electron chi connectivity index (χ4n) is 3.99. The van der Waals surface area contributed by atoms with Crippen LogP contribution in [0.1, 0.15) is 19.5 Å². The molecule has 0 saturated heterocycles. The highest BCUT2D eigenvalue weighted by Gasteiger charge is 2.22. The standard InChI is InChI=1S/C23H23ClN4O3/c1-4-27(5-2)20(30)13-18-21-17-11-6-14(24)12-19(17)26(3)22(21)23(31)28(25-18)15-7-9-16(29)10-8-15/h6-12,29H,4-5,13H2,1-3H3. The predicted octanol–water partition coefficient (Wildman–Crippen LogP) is 3.65. The number of nitrogens with zero attached hydrogens (tertiary/aromatic N) is 4. The highest BCUT2D eigenvalue weighted by Crippen LogP contribution is 2.31. The molecule has 0 unspecified atom stereocenters. The Labute approximate surface area is 184 Å². The summed E-state index contributed by atoms with van der Waals surface area (Å²) in [6.45, 7) is 5.06. The van der Waals surface area contributed by atoms with E-state index in [2.05, 4.69) is 5.10 Å². The molecule has 0 aliphatic carbocycles. The molecular formula is C23H23ClN4O3. The average Bonchev–Trinajstić information content (AvgIpc) is 3.04. The van der Waals surface area contributed by atoms with Crippen molar-refractivity contribution in [3.8, 4) is 11.4 Å². The molecular weight excluding hydrogens is 416 g/mol. The molecule has 0 fully saturated rings. The van der Waals surface area contributed by atoms with Crippen molar-refractivity contribution in [2.24, 2.45) is 7.05 Å². The monoisotopic (exact) mass is 438 g/mol. The minimum Gasteiger partial charge on any atom is -0.508 e. The van der Waals surface area contributed by atoms with Crippen LogP contribution in [-0.4, -0.2) is 43.4 Å². The topological polar surface area (TPSA) is 80.4 Å². The van der Waals surface area contributed by atoms with E-state index in [4.69, 9.17) is 11.6 Å². The molecule has 0 spiro atoms. The van der Waals surface area contributed by atoms with Gasteiger partial charge in [-0.1, -0.05) is 17.7 Å². The quantitative estimate of drug-likeness (QED) is 0.515. The van der Waals surface area contributed by atoms with Crippen LogP contribution < -0.4 is 5.56 Å². The first kappa shape index (κ1) is 20.9. The average molecular weight is 439 g/mol. The number of hydrogen-bond donors (Lipinski definition) is 1. The molecule has 7 nitrogen and oxygen atoms in total. The Morgan fingerprint density at radius 2 is 1.81 bits per heavy atom. The van der Waals surface area contributed by atoms with Crippen LogP contribution in [0.4, 0.5) is 0 Å². The van der Waals surface area contributed by atoms with Crippen molar-refractivity contribution in [2.75, 3.05) is 13.1 Å². The van der Waals surface area contributed by atoms with Crippen LogP contribution in [-0.2, 0) is 18.3 Å². The lowest BCUT2D eigenvalue weighted by Gasteiger charge is -2.19. The van der Waals surface area contributed by atoms with Gasteiger partial charge in [0.15, 0.2) is 0 Å². The number of amides is 1. The van der Waals surface area contributed by atoms with E-state index in [9.17, 15) is 14.7 Å². The summed E-state index contributed by atoms with van der Waals surface area (Å²) in [6.07, 6.45) is 0.0677. The fourth-order valence-corrected chi connectivity index (χ4v) is 4.16. The second kappa shape index (κ2) is 8.07. The number of phenols is 1. The lowest BCUT2D eigenvalue weighted by Crippen LogP contribution is -2.33. The molecule has 0 atom stereocenters. The van der Waals surface area contributed by atoms with Crippen molar-refractivity contribution >= 4 is 39.3 Å². The molecule has 1 N–H and O–H groups in total. The zero-order chi connectivity index (χ0) is 22.3. The number of phenolic OH excluding ortho intramolecular Hbond substituents is 1. The summed E-state index contributed by atoms with van der Waals surface area (Å²) < 4.78 is 3.08. The molecule has 4 aromatic rings. The number of carbonyl (C=O) groups excluding carboxylic acids is 1. The molecule has 0 bridgehead atoms. The van der Waals surface area contributed by atoms with Crippen LogP contribution in [0.3, 0.4) is 0 Å². The number of fused-ring (bicyclic) bond motifs is 3. The Bertz CT molecular complexity index is 1350. The van der Waals surface area contributed by atoms with Gasteiger partial charge in [-0.05, 0) is 50.2 Å². The third-order valence-corrected chi connectivity index (χ3v) is 5.83. The van der Waals surface area contributed by atoms with E-state index in [0.29, 0.717) is 40.4 Å². The van der Waals surface area contributed by atoms with Crippen LogP contribution in [0.15, 0.2) is 47.3 Å². The highest BCUT2D eigenvalue weighted by molar-refractivity contribution is 6.31. The third kappa shape index (κ3) is 3.55. The maximum atomic E-state index is 13.5. The molecule has 160 valence electrons. The van der Waals surface area contributed by atoms with E-state index in [0.717, 1.165) is 10.9 Å². The second-order valence-electron chi connectivity index (χ2n) is 7.37. The van der Waals surface area contributed by atoms with Gasteiger partial charge < -0.3 is 14.6 Å². The second-order valence-corrected chi connectivity index (χ2v) is 7.80. The van der Waals surface area contributed by atoms with Gasteiger partial charge in [-0.25, -0.2) is 0 Å². The number of likely N-dealkylation sites (N-methyl/N-ethyl adjacent to an activating group) is 1. The third-order valence-electron chi connectivity index (χ3n) is 5.60. The van der Waals surface area contributed by atoms with Crippen LogP contribution in [0.25, 0.3) is 27.5 Å². The number of hydrogen-bond acceptors (Lipinski definition) is 4. The van der Waals surface area contributed by atoms with Crippen LogP contribution in [0, 0.1) is 0 Å². The number of benzene rings is 2. The highest BCUT2D eigenvalue weighted by atomic mass is 35.5. The van der Waals surface area contributed by atoms with E-state index in [-0.39, 0.29) is 23.6 Å². The van der Waals surface area contributed by atoms with E-state index < -0.39 is 0 Å². The largest absolute Gasteiger partial charge is 0.508 e. The number of carbonyl (C=O) groups is 1. The van der Waals surface area contributed by atoms with Gasteiger partial charge in [0.05, 0.1) is 23.3 Å².